The van der Waals surface area contributed by atoms with E-state index in [-0.39, 0.29) is 31.0 Å². The predicted octanol–water partition coefficient (Wildman–Crippen LogP) is 2.37. The van der Waals surface area contributed by atoms with E-state index in [0.717, 1.165) is 40.0 Å². The number of carboxylic acids is 1. The Balaban J connectivity index is 0.00000231. The third kappa shape index (κ3) is 6.07. The van der Waals surface area contributed by atoms with Gasteiger partial charge in [-0.15, -0.1) is 5.10 Å². The van der Waals surface area contributed by atoms with Crippen LogP contribution in [0.25, 0.3) is 11.0 Å². The van der Waals surface area contributed by atoms with Gasteiger partial charge in [0, 0.05) is 49.7 Å². The summed E-state index contributed by atoms with van der Waals surface area (Å²) < 4.78 is 4.01. The fraction of sp³-hybridized carbons (Fsp3) is 0.500. The molecule has 2 aromatic heterocycles. The van der Waals surface area contributed by atoms with E-state index in [4.69, 9.17) is 4.98 Å². The van der Waals surface area contributed by atoms with Gasteiger partial charge in [-0.05, 0) is 53.6 Å². The van der Waals surface area contributed by atoms with E-state index < -0.39 is 17.3 Å². The van der Waals surface area contributed by atoms with Crippen molar-refractivity contribution < 1.29 is 40.9 Å². The molecule has 1 aliphatic carbocycles. The summed E-state index contributed by atoms with van der Waals surface area (Å²) in [5.41, 5.74) is 5.76. The zero-order valence-corrected chi connectivity index (χ0v) is 26.9. The Labute approximate surface area is 261 Å². The summed E-state index contributed by atoms with van der Waals surface area (Å²) in [6, 6.07) is 10.4. The molecule has 8 heteroatoms. The minimum atomic E-state index is -1.15. The second-order valence-electron chi connectivity index (χ2n) is 12.0. The van der Waals surface area contributed by atoms with Crippen LogP contribution in [0.4, 0.5) is 0 Å². The number of fused-ring (bicyclic) bond motifs is 1. The Bertz CT molecular complexity index is 1490. The number of aliphatic carboxylic acids is 1. The van der Waals surface area contributed by atoms with Gasteiger partial charge in [-0.1, -0.05) is 81.9 Å². The summed E-state index contributed by atoms with van der Waals surface area (Å²) in [5.74, 6) is 0.352. The van der Waals surface area contributed by atoms with Gasteiger partial charge in [-0.25, -0.2) is 9.67 Å². The number of carbonyl (C=O) groups is 1. The number of nitrogens with zero attached hydrogens (tertiary/aromatic N) is 5. The van der Waals surface area contributed by atoms with Crippen molar-refractivity contribution in [3.63, 3.8) is 0 Å². The van der Waals surface area contributed by atoms with Gasteiger partial charge in [-0.3, -0.25) is 0 Å². The molecule has 208 valence electrons. The number of hydrogen-bond donors (Lipinski definition) is 0. The number of aromatic nitrogens is 5. The maximum absolute atomic E-state index is 12.5. The van der Waals surface area contributed by atoms with Gasteiger partial charge >= 0.3 is 29.6 Å². The van der Waals surface area contributed by atoms with Crippen molar-refractivity contribution in [3.05, 3.63) is 76.4 Å². The Morgan fingerprint density at radius 2 is 1.85 bits per heavy atom. The molecule has 7 nitrogen and oxygen atoms in total. The molecule has 5 rings (SSSR count). The number of carbonyl (C=O) groups excluding carboxylic acids is 1. The molecule has 2 aromatic carbocycles. The fourth-order valence-electron chi connectivity index (χ4n) is 6.39. The van der Waals surface area contributed by atoms with Crippen LogP contribution >= 0.6 is 0 Å². The van der Waals surface area contributed by atoms with Crippen molar-refractivity contribution >= 4 is 17.0 Å². The molecule has 1 saturated carbocycles. The van der Waals surface area contributed by atoms with Gasteiger partial charge in [0.2, 0.25) is 0 Å². The SMILES string of the molecule is Cc1ccc([C@@H](c2ccc3c(nnn3C)c2C)C(C)(C)C(=O)[O-])cc1Cn1ccnc1CC1CCCCCC1.[H-].[Na+]. The molecular formula is C32H41N5NaO2-. The number of benzene rings is 2. The van der Waals surface area contributed by atoms with Crippen molar-refractivity contribution in [3.8, 4) is 0 Å². The first-order valence-electron chi connectivity index (χ1n) is 14.3. The quantitative estimate of drug-likeness (QED) is 0.248. The maximum atomic E-state index is 12.5. The molecule has 4 aromatic rings. The zero-order valence-electron chi connectivity index (χ0n) is 25.9. The minimum absolute atomic E-state index is 0. The summed E-state index contributed by atoms with van der Waals surface area (Å²) in [6.07, 6.45) is 12.9. The molecule has 1 fully saturated rings. The third-order valence-electron chi connectivity index (χ3n) is 8.93. The smallest absolute Gasteiger partial charge is 1.00 e. The van der Waals surface area contributed by atoms with Gasteiger partial charge in [0.15, 0.2) is 0 Å². The van der Waals surface area contributed by atoms with Gasteiger partial charge in [0.1, 0.15) is 11.3 Å². The fourth-order valence-corrected chi connectivity index (χ4v) is 6.39. The first-order valence-corrected chi connectivity index (χ1v) is 14.3. The van der Waals surface area contributed by atoms with E-state index in [1.807, 2.05) is 32.3 Å². The van der Waals surface area contributed by atoms with Crippen molar-refractivity contribution in [2.45, 2.75) is 85.1 Å². The molecule has 2 heterocycles. The van der Waals surface area contributed by atoms with Crippen molar-refractivity contribution in [1.29, 1.82) is 0 Å². The van der Waals surface area contributed by atoms with Crippen molar-refractivity contribution in [2.75, 3.05) is 0 Å². The largest absolute Gasteiger partial charge is 1.00 e. The van der Waals surface area contributed by atoms with E-state index in [1.54, 1.807) is 18.5 Å². The Kier molecular flexibility index (Phi) is 9.59. The summed E-state index contributed by atoms with van der Waals surface area (Å²) in [7, 11) is 1.86. The second kappa shape index (κ2) is 12.6. The number of hydrogen-bond acceptors (Lipinski definition) is 5. The van der Waals surface area contributed by atoms with Gasteiger partial charge < -0.3 is 15.9 Å². The van der Waals surface area contributed by atoms with Crippen LogP contribution < -0.4 is 34.7 Å². The summed E-state index contributed by atoms with van der Waals surface area (Å²) in [4.78, 5) is 17.2. The normalized spacial score (nSPS) is 15.5. The summed E-state index contributed by atoms with van der Waals surface area (Å²) in [5, 5.41) is 21.0. The number of carboxylic acid groups (broad SMARTS) is 1. The average molecular weight is 551 g/mol. The molecular weight excluding hydrogens is 509 g/mol. The molecule has 1 atom stereocenters. The van der Waals surface area contributed by atoms with Crippen molar-refractivity contribution in [2.24, 2.45) is 18.4 Å². The summed E-state index contributed by atoms with van der Waals surface area (Å²) in [6.45, 7) is 8.35. The molecule has 0 saturated heterocycles. The van der Waals surface area contributed by atoms with Crippen LogP contribution in [-0.4, -0.2) is 30.5 Å². The van der Waals surface area contributed by atoms with Gasteiger partial charge in [0.25, 0.3) is 0 Å². The Hall–Kier alpha value is -2.48. The van der Waals surface area contributed by atoms with Crippen LogP contribution in [0, 0.1) is 25.2 Å². The van der Waals surface area contributed by atoms with Gasteiger partial charge in [0.05, 0.1) is 5.52 Å². The molecule has 0 unspecified atom stereocenters. The van der Waals surface area contributed by atoms with Crippen molar-refractivity contribution in [1.82, 2.24) is 24.5 Å². The topological polar surface area (TPSA) is 88.7 Å². The molecule has 0 aliphatic heterocycles. The van der Waals surface area contributed by atoms with Crippen LogP contribution in [0.3, 0.4) is 0 Å². The first-order chi connectivity index (χ1) is 18.7. The molecule has 0 radical (unpaired) electrons. The van der Waals surface area contributed by atoms with E-state index in [1.165, 1.54) is 49.7 Å². The predicted molar refractivity (Wildman–Crippen MR) is 152 cm³/mol. The zero-order chi connectivity index (χ0) is 27.7. The Morgan fingerprint density at radius 3 is 2.55 bits per heavy atom. The van der Waals surface area contributed by atoms with Crippen LogP contribution in [0.5, 0.6) is 0 Å². The van der Waals surface area contributed by atoms with Crippen LogP contribution in [0.15, 0.2) is 42.7 Å². The van der Waals surface area contributed by atoms with E-state index in [9.17, 15) is 9.90 Å². The van der Waals surface area contributed by atoms with Gasteiger partial charge in [-0.2, -0.15) is 0 Å². The number of rotatable bonds is 8. The Morgan fingerprint density at radius 1 is 1.12 bits per heavy atom. The number of imidazole rings is 1. The average Bonchev–Trinajstić information content (AvgIpc) is 3.40. The molecule has 1 aliphatic rings. The molecule has 0 amide bonds. The summed E-state index contributed by atoms with van der Waals surface area (Å²) >= 11 is 0. The maximum Gasteiger partial charge on any atom is 1.00 e. The number of aryl methyl sites for hydroxylation is 3. The van der Waals surface area contributed by atoms with E-state index in [0.29, 0.717) is 12.5 Å². The van der Waals surface area contributed by atoms with Crippen LogP contribution in [0.1, 0.15) is 93.4 Å². The molecule has 40 heavy (non-hydrogen) atoms. The first kappa shape index (κ1) is 30.5. The second-order valence-corrected chi connectivity index (χ2v) is 12.0. The minimum Gasteiger partial charge on any atom is -1.00 e. The van der Waals surface area contributed by atoms with Crippen LogP contribution in [0.2, 0.25) is 0 Å². The van der Waals surface area contributed by atoms with E-state index in [2.05, 4.69) is 46.2 Å². The van der Waals surface area contributed by atoms with E-state index >= 15 is 0 Å². The monoisotopic (exact) mass is 550 g/mol. The third-order valence-corrected chi connectivity index (χ3v) is 8.93. The molecule has 0 spiro atoms. The standard InChI is InChI=1S/C32H41N5O2.Na.H/c1-21-12-13-24(19-25(21)20-37-17-16-33-28(37)18-23-10-8-6-7-9-11-23)29(32(3,4)31(38)39)26-14-15-27-30(22(26)2)34-35-36(27)5;;/h12-17,19,23,29H,6-11,18,20H2,1-5H3,(H,38,39);;/q;+1;-1/p-1/t29-;;/m0../s1. The molecule has 0 bridgehead atoms. The van der Waals surface area contributed by atoms with Crippen LogP contribution in [-0.2, 0) is 24.8 Å². The molecule has 0 N–H and O–H groups in total.